The van der Waals surface area contributed by atoms with Gasteiger partial charge in [0.25, 0.3) is 0 Å². The van der Waals surface area contributed by atoms with Crippen molar-refractivity contribution in [1.29, 1.82) is 0 Å². The Kier molecular flexibility index (Phi) is 4.03. The Morgan fingerprint density at radius 2 is 1.95 bits per heavy atom. The molecule has 0 aliphatic rings. The maximum atomic E-state index is 4.63. The average molecular weight is 313 g/mol. The number of benzene rings is 1. The number of fused-ring (bicyclic) bond motifs is 1. The number of aryl methyl sites for hydroxylation is 2. The largest absolute Gasteiger partial charge is 0.238 e. The highest BCUT2D eigenvalue weighted by Crippen LogP contribution is 2.35. The molecule has 0 fully saturated rings. The molecule has 21 heavy (non-hydrogen) atoms. The third kappa shape index (κ3) is 2.84. The van der Waals surface area contributed by atoms with Gasteiger partial charge in [0, 0.05) is 11.3 Å². The molecular weight excluding hydrogens is 298 g/mol. The van der Waals surface area contributed by atoms with E-state index in [-0.39, 0.29) is 0 Å². The van der Waals surface area contributed by atoms with Crippen LogP contribution in [0.5, 0.6) is 0 Å². The fourth-order valence-corrected chi connectivity index (χ4v) is 3.71. The first kappa shape index (κ1) is 14.2. The van der Waals surface area contributed by atoms with E-state index in [0.717, 1.165) is 37.3 Å². The second-order valence-electron chi connectivity index (χ2n) is 4.73. The van der Waals surface area contributed by atoms with Crippen molar-refractivity contribution in [2.75, 3.05) is 5.75 Å². The molecule has 106 valence electrons. The molecule has 2 heterocycles. The minimum atomic E-state index is 0.810. The van der Waals surface area contributed by atoms with Crippen LogP contribution in [-0.2, 0) is 0 Å². The maximum Gasteiger partial charge on any atom is 0.146 e. The molecule has 3 aromatic rings. The van der Waals surface area contributed by atoms with Gasteiger partial charge in [-0.1, -0.05) is 47.7 Å². The van der Waals surface area contributed by atoms with Crippen LogP contribution < -0.4 is 0 Å². The van der Waals surface area contributed by atoms with Gasteiger partial charge in [-0.3, -0.25) is 0 Å². The van der Waals surface area contributed by atoms with Gasteiger partial charge in [0.05, 0.1) is 9.71 Å². The number of thiazole rings is 1. The van der Waals surface area contributed by atoms with Crippen molar-refractivity contribution in [3.8, 4) is 11.3 Å². The zero-order valence-electron chi connectivity index (χ0n) is 12.0. The van der Waals surface area contributed by atoms with Crippen molar-refractivity contribution in [3.63, 3.8) is 0 Å². The number of aromatic nitrogens is 3. The van der Waals surface area contributed by atoms with Crippen LogP contribution in [-0.4, -0.2) is 20.9 Å². The Bertz CT molecular complexity index is 791. The lowest BCUT2D eigenvalue weighted by Crippen LogP contribution is -1.92. The summed E-state index contributed by atoms with van der Waals surface area (Å²) < 4.78 is 1.11. The fourth-order valence-electron chi connectivity index (χ4n) is 2.06. The summed E-state index contributed by atoms with van der Waals surface area (Å²) in [5.41, 5.74) is 4.19. The first-order chi connectivity index (χ1) is 10.2. The summed E-state index contributed by atoms with van der Waals surface area (Å²) in [4.78, 5) is 4.63. The highest BCUT2D eigenvalue weighted by Gasteiger charge is 2.15. The van der Waals surface area contributed by atoms with E-state index in [1.54, 1.807) is 23.1 Å². The highest BCUT2D eigenvalue weighted by molar-refractivity contribution is 7.99. The van der Waals surface area contributed by atoms with Crippen LogP contribution in [0, 0.1) is 13.8 Å². The topological polar surface area (TPSA) is 38.7 Å². The van der Waals surface area contributed by atoms with Gasteiger partial charge in [-0.2, -0.15) is 0 Å². The molecule has 0 saturated carbocycles. The van der Waals surface area contributed by atoms with Gasteiger partial charge in [0.1, 0.15) is 16.2 Å². The molecule has 0 bridgehead atoms. The van der Waals surface area contributed by atoms with Gasteiger partial charge in [-0.05, 0) is 13.8 Å². The predicted octanol–water partition coefficient (Wildman–Crippen LogP) is 4.65. The fraction of sp³-hybridized carbons (Fsp3) is 0.188. The van der Waals surface area contributed by atoms with E-state index in [1.807, 2.05) is 13.0 Å². The Morgan fingerprint density at radius 3 is 2.67 bits per heavy atom. The molecule has 0 aliphatic carbocycles. The smallest absolute Gasteiger partial charge is 0.146 e. The first-order valence-electron chi connectivity index (χ1n) is 6.63. The van der Waals surface area contributed by atoms with E-state index in [4.69, 9.17) is 0 Å². The van der Waals surface area contributed by atoms with E-state index in [9.17, 15) is 0 Å². The monoisotopic (exact) mass is 313 g/mol. The molecule has 2 aromatic heterocycles. The Morgan fingerprint density at radius 1 is 1.19 bits per heavy atom. The molecule has 0 aliphatic heterocycles. The SMILES string of the molecule is C=CCSc1nnc(-c2ccc(C)cc2)c2sc(C)nc12. The molecule has 0 amide bonds. The molecule has 3 nitrogen and oxygen atoms in total. The summed E-state index contributed by atoms with van der Waals surface area (Å²) in [6, 6.07) is 8.36. The summed E-state index contributed by atoms with van der Waals surface area (Å²) >= 11 is 3.29. The second-order valence-corrected chi connectivity index (χ2v) is 6.94. The number of hydrogen-bond donors (Lipinski definition) is 0. The predicted molar refractivity (Wildman–Crippen MR) is 91.0 cm³/mol. The zero-order valence-corrected chi connectivity index (χ0v) is 13.6. The molecule has 1 aromatic carbocycles. The zero-order chi connectivity index (χ0) is 14.8. The van der Waals surface area contributed by atoms with Crippen molar-refractivity contribution in [2.45, 2.75) is 18.9 Å². The molecular formula is C16H15N3S2. The van der Waals surface area contributed by atoms with E-state index in [2.05, 4.69) is 52.9 Å². The van der Waals surface area contributed by atoms with Crippen LogP contribution >= 0.6 is 23.1 Å². The summed E-state index contributed by atoms with van der Waals surface area (Å²) in [5, 5.41) is 10.7. The van der Waals surface area contributed by atoms with E-state index in [0.29, 0.717) is 0 Å². The molecule has 0 N–H and O–H groups in total. The van der Waals surface area contributed by atoms with Gasteiger partial charge in [-0.25, -0.2) is 4.98 Å². The maximum absolute atomic E-state index is 4.63. The van der Waals surface area contributed by atoms with Gasteiger partial charge in [0.2, 0.25) is 0 Å². The Labute approximate surface area is 132 Å². The van der Waals surface area contributed by atoms with E-state index in [1.165, 1.54) is 5.56 Å². The van der Waals surface area contributed by atoms with Crippen LogP contribution in [0.2, 0.25) is 0 Å². The van der Waals surface area contributed by atoms with Gasteiger partial charge in [0.15, 0.2) is 0 Å². The van der Waals surface area contributed by atoms with Crippen molar-refractivity contribution in [1.82, 2.24) is 15.2 Å². The Hall–Kier alpha value is -1.72. The van der Waals surface area contributed by atoms with Crippen LogP contribution in [0.3, 0.4) is 0 Å². The van der Waals surface area contributed by atoms with Gasteiger partial charge >= 0.3 is 0 Å². The van der Waals surface area contributed by atoms with Crippen LogP contribution in [0.25, 0.3) is 21.5 Å². The number of nitrogens with zero attached hydrogens (tertiary/aromatic N) is 3. The molecule has 0 spiro atoms. The standard InChI is InChI=1S/C16H15N3S2/c1-4-9-20-16-14-15(21-11(3)17-14)13(18-19-16)12-7-5-10(2)6-8-12/h4-8H,1,9H2,2-3H3. The van der Waals surface area contributed by atoms with Crippen molar-refractivity contribution >= 4 is 33.3 Å². The number of thioether (sulfide) groups is 1. The van der Waals surface area contributed by atoms with Gasteiger partial charge in [-0.15, -0.1) is 28.1 Å². The normalized spacial score (nSPS) is 11.0. The lowest BCUT2D eigenvalue weighted by molar-refractivity contribution is 0.956. The molecule has 5 heteroatoms. The third-order valence-corrected chi connectivity index (χ3v) is 4.98. The molecule has 0 unspecified atom stereocenters. The van der Waals surface area contributed by atoms with E-state index >= 15 is 0 Å². The molecule has 0 atom stereocenters. The minimum absolute atomic E-state index is 0.810. The van der Waals surface area contributed by atoms with Crippen LogP contribution in [0.1, 0.15) is 10.6 Å². The minimum Gasteiger partial charge on any atom is -0.238 e. The second kappa shape index (κ2) is 5.95. The average Bonchev–Trinajstić information content (AvgIpc) is 2.87. The van der Waals surface area contributed by atoms with Crippen LogP contribution in [0.4, 0.5) is 0 Å². The molecule has 3 rings (SSSR count). The lowest BCUT2D eigenvalue weighted by atomic mass is 10.1. The van der Waals surface area contributed by atoms with Gasteiger partial charge < -0.3 is 0 Å². The van der Waals surface area contributed by atoms with E-state index < -0.39 is 0 Å². The summed E-state index contributed by atoms with van der Waals surface area (Å²) in [6.07, 6.45) is 1.87. The highest BCUT2D eigenvalue weighted by atomic mass is 32.2. The lowest BCUT2D eigenvalue weighted by Gasteiger charge is -2.04. The molecule has 0 saturated heterocycles. The van der Waals surface area contributed by atoms with Crippen molar-refractivity contribution < 1.29 is 0 Å². The van der Waals surface area contributed by atoms with Crippen LogP contribution in [0.15, 0.2) is 41.9 Å². The quantitative estimate of drug-likeness (QED) is 0.519. The summed E-state index contributed by atoms with van der Waals surface area (Å²) in [7, 11) is 0. The summed E-state index contributed by atoms with van der Waals surface area (Å²) in [6.45, 7) is 7.85. The molecule has 0 radical (unpaired) electrons. The number of hydrogen-bond acceptors (Lipinski definition) is 5. The summed E-state index contributed by atoms with van der Waals surface area (Å²) in [5.74, 6) is 0.810. The first-order valence-corrected chi connectivity index (χ1v) is 8.44. The third-order valence-electron chi connectivity index (χ3n) is 3.06. The Balaban J connectivity index is 2.16. The van der Waals surface area contributed by atoms with Crippen molar-refractivity contribution in [2.24, 2.45) is 0 Å². The van der Waals surface area contributed by atoms with Crippen molar-refractivity contribution in [3.05, 3.63) is 47.5 Å². The number of rotatable bonds is 4.